The Bertz CT molecular complexity index is 569. The van der Waals surface area contributed by atoms with Crippen molar-refractivity contribution in [1.82, 2.24) is 10.6 Å². The molecular weight excluding hydrogens is 316 g/mol. The third-order valence-electron chi connectivity index (χ3n) is 4.97. The number of carbonyl (C=O) groups excluding carboxylic acids is 1. The van der Waals surface area contributed by atoms with Gasteiger partial charge in [0.05, 0.1) is 0 Å². The van der Waals surface area contributed by atoms with E-state index in [9.17, 15) is 4.79 Å². The van der Waals surface area contributed by atoms with E-state index in [-0.39, 0.29) is 25.1 Å². The topological polar surface area (TPSA) is 59.6 Å². The fourth-order valence-corrected chi connectivity index (χ4v) is 3.93. The molecule has 2 fully saturated rings. The predicted molar refractivity (Wildman–Crippen MR) is 88.9 cm³/mol. The number of amides is 1. The molecule has 3 heterocycles. The molecule has 5 nitrogen and oxygen atoms in total. The zero-order chi connectivity index (χ0) is 14.9. The molecule has 4 rings (SSSR count). The smallest absolute Gasteiger partial charge is 0.231 e. The molecule has 2 N–H and O–H groups in total. The number of hydrogen-bond donors (Lipinski definition) is 2. The van der Waals surface area contributed by atoms with Crippen LogP contribution < -0.4 is 20.1 Å². The van der Waals surface area contributed by atoms with Gasteiger partial charge in [0.25, 0.3) is 0 Å². The van der Waals surface area contributed by atoms with Crippen LogP contribution >= 0.6 is 12.4 Å². The molecule has 2 atom stereocenters. The van der Waals surface area contributed by atoms with Gasteiger partial charge in [-0.05, 0) is 49.3 Å². The Balaban J connectivity index is 0.00000156. The lowest BCUT2D eigenvalue weighted by molar-refractivity contribution is -0.122. The Labute approximate surface area is 142 Å². The maximum atomic E-state index is 12.2. The zero-order valence-corrected chi connectivity index (χ0v) is 13.9. The van der Waals surface area contributed by atoms with E-state index < -0.39 is 0 Å². The van der Waals surface area contributed by atoms with E-state index in [1.807, 2.05) is 18.2 Å². The lowest BCUT2D eigenvalue weighted by atomic mass is 9.89. The van der Waals surface area contributed by atoms with Crippen LogP contribution in [0.2, 0.25) is 0 Å². The van der Waals surface area contributed by atoms with Gasteiger partial charge in [0.1, 0.15) is 0 Å². The summed E-state index contributed by atoms with van der Waals surface area (Å²) < 4.78 is 10.6. The highest BCUT2D eigenvalue weighted by Gasteiger charge is 2.34. The molecule has 6 heteroatoms. The summed E-state index contributed by atoms with van der Waals surface area (Å²) in [6.07, 6.45) is 5.50. The molecule has 0 saturated carbocycles. The Hall–Kier alpha value is -1.46. The van der Waals surface area contributed by atoms with Crippen molar-refractivity contribution in [3.8, 4) is 11.5 Å². The van der Waals surface area contributed by atoms with Crippen LogP contribution in [0.5, 0.6) is 11.5 Å². The summed E-state index contributed by atoms with van der Waals surface area (Å²) in [4.78, 5) is 12.2. The molecule has 3 aliphatic rings. The van der Waals surface area contributed by atoms with Crippen molar-refractivity contribution in [3.63, 3.8) is 0 Å². The molecule has 0 spiro atoms. The quantitative estimate of drug-likeness (QED) is 0.885. The molecule has 0 aromatic heterocycles. The van der Waals surface area contributed by atoms with Crippen molar-refractivity contribution in [2.45, 2.75) is 50.7 Å². The van der Waals surface area contributed by atoms with Crippen LogP contribution in [-0.2, 0) is 11.3 Å². The van der Waals surface area contributed by atoms with Crippen molar-refractivity contribution < 1.29 is 14.3 Å². The molecule has 3 aliphatic heterocycles. The predicted octanol–water partition coefficient (Wildman–Crippen LogP) is 2.37. The number of rotatable bonds is 4. The molecular formula is C17H23ClN2O3. The van der Waals surface area contributed by atoms with Crippen LogP contribution in [0.4, 0.5) is 0 Å². The second-order valence-corrected chi connectivity index (χ2v) is 6.64. The third-order valence-corrected chi connectivity index (χ3v) is 4.97. The Morgan fingerprint density at radius 2 is 1.91 bits per heavy atom. The van der Waals surface area contributed by atoms with Gasteiger partial charge in [0.15, 0.2) is 11.5 Å². The summed E-state index contributed by atoms with van der Waals surface area (Å²) in [5.74, 6) is 2.24. The molecule has 0 aliphatic carbocycles. The van der Waals surface area contributed by atoms with Crippen molar-refractivity contribution in [2.75, 3.05) is 6.79 Å². The molecule has 2 bridgehead atoms. The van der Waals surface area contributed by atoms with Crippen LogP contribution in [0.3, 0.4) is 0 Å². The first-order chi connectivity index (χ1) is 10.8. The molecule has 1 aromatic carbocycles. The first-order valence-electron chi connectivity index (χ1n) is 8.17. The molecule has 23 heavy (non-hydrogen) atoms. The zero-order valence-electron chi connectivity index (χ0n) is 13.0. The van der Waals surface area contributed by atoms with Crippen LogP contribution in [0, 0.1) is 5.92 Å². The van der Waals surface area contributed by atoms with Gasteiger partial charge in [-0.25, -0.2) is 0 Å². The fraction of sp³-hybridized carbons (Fsp3) is 0.588. The highest BCUT2D eigenvalue weighted by Crippen LogP contribution is 2.33. The molecule has 2 saturated heterocycles. The number of halogens is 1. The summed E-state index contributed by atoms with van der Waals surface area (Å²) in [6, 6.07) is 7.09. The highest BCUT2D eigenvalue weighted by molar-refractivity contribution is 5.85. The van der Waals surface area contributed by atoms with Gasteiger partial charge in [0.2, 0.25) is 12.7 Å². The van der Waals surface area contributed by atoms with E-state index in [2.05, 4.69) is 10.6 Å². The summed E-state index contributed by atoms with van der Waals surface area (Å²) >= 11 is 0. The maximum absolute atomic E-state index is 12.2. The van der Waals surface area contributed by atoms with Crippen LogP contribution in [0.15, 0.2) is 18.2 Å². The van der Waals surface area contributed by atoms with Gasteiger partial charge < -0.3 is 20.1 Å². The van der Waals surface area contributed by atoms with Gasteiger partial charge >= 0.3 is 0 Å². The van der Waals surface area contributed by atoms with Crippen molar-refractivity contribution in [1.29, 1.82) is 0 Å². The second-order valence-electron chi connectivity index (χ2n) is 6.64. The number of hydrogen-bond acceptors (Lipinski definition) is 4. The number of nitrogens with one attached hydrogen (secondary N) is 2. The van der Waals surface area contributed by atoms with Crippen LogP contribution in [0.25, 0.3) is 0 Å². The summed E-state index contributed by atoms with van der Waals surface area (Å²) in [5.41, 5.74) is 1.04. The van der Waals surface area contributed by atoms with Crippen LogP contribution in [0.1, 0.15) is 37.7 Å². The average molecular weight is 339 g/mol. The SMILES string of the molecule is Cl.O=C(CC1CC2CCC(C1)N2)NCc1ccc2c(c1)OCO2. The van der Waals surface area contributed by atoms with Gasteiger partial charge in [0, 0.05) is 25.0 Å². The number of fused-ring (bicyclic) bond motifs is 3. The number of benzene rings is 1. The lowest BCUT2D eigenvalue weighted by Crippen LogP contribution is -2.39. The minimum absolute atomic E-state index is 0. The van der Waals surface area contributed by atoms with E-state index in [4.69, 9.17) is 9.47 Å². The third kappa shape index (κ3) is 3.72. The van der Waals surface area contributed by atoms with E-state index in [1.165, 1.54) is 12.8 Å². The van der Waals surface area contributed by atoms with Gasteiger partial charge in [-0.15, -0.1) is 12.4 Å². The van der Waals surface area contributed by atoms with Gasteiger partial charge in [-0.1, -0.05) is 6.07 Å². The van der Waals surface area contributed by atoms with Gasteiger partial charge in [-0.2, -0.15) is 0 Å². The average Bonchev–Trinajstić information content (AvgIpc) is 3.11. The van der Waals surface area contributed by atoms with Crippen molar-refractivity contribution in [2.24, 2.45) is 5.92 Å². The number of ether oxygens (including phenoxy) is 2. The summed E-state index contributed by atoms with van der Waals surface area (Å²) in [6.45, 7) is 0.830. The maximum Gasteiger partial charge on any atom is 0.231 e. The summed E-state index contributed by atoms with van der Waals surface area (Å²) in [5, 5.41) is 6.65. The monoisotopic (exact) mass is 338 g/mol. The minimum Gasteiger partial charge on any atom is -0.454 e. The highest BCUT2D eigenvalue weighted by atomic mass is 35.5. The van der Waals surface area contributed by atoms with E-state index in [1.54, 1.807) is 0 Å². The van der Waals surface area contributed by atoms with E-state index in [0.29, 0.717) is 31.0 Å². The molecule has 1 aromatic rings. The normalized spacial score (nSPS) is 27.4. The largest absolute Gasteiger partial charge is 0.454 e. The van der Waals surface area contributed by atoms with E-state index in [0.717, 1.165) is 29.9 Å². The Morgan fingerprint density at radius 1 is 1.17 bits per heavy atom. The summed E-state index contributed by atoms with van der Waals surface area (Å²) in [7, 11) is 0. The van der Waals surface area contributed by atoms with Crippen LogP contribution in [-0.4, -0.2) is 24.8 Å². The molecule has 0 radical (unpaired) electrons. The fourth-order valence-electron chi connectivity index (χ4n) is 3.93. The number of carbonyl (C=O) groups is 1. The Morgan fingerprint density at radius 3 is 2.70 bits per heavy atom. The van der Waals surface area contributed by atoms with Gasteiger partial charge in [-0.3, -0.25) is 4.79 Å². The van der Waals surface area contributed by atoms with E-state index >= 15 is 0 Å². The first-order valence-corrected chi connectivity index (χ1v) is 8.17. The first kappa shape index (κ1) is 16.4. The standard InChI is InChI=1S/C17H22N2O3.ClH/c20-17(8-12-5-13-2-3-14(6-12)19-13)18-9-11-1-4-15-16(7-11)22-10-21-15;/h1,4,7,12-14,19H,2-3,5-6,8-10H2,(H,18,20);1H. The minimum atomic E-state index is 0. The molecule has 126 valence electrons. The lowest BCUT2D eigenvalue weighted by Gasteiger charge is -2.28. The molecule has 2 unspecified atom stereocenters. The van der Waals surface area contributed by atoms with Crippen molar-refractivity contribution in [3.05, 3.63) is 23.8 Å². The Kier molecular flexibility index (Phi) is 4.97. The van der Waals surface area contributed by atoms with Crippen molar-refractivity contribution >= 4 is 18.3 Å². The second kappa shape index (κ2) is 6.97. The number of piperidine rings is 1. The molecule has 1 amide bonds.